The molecule has 1 heterocycles. The van der Waals surface area contributed by atoms with E-state index < -0.39 is 0 Å². The number of nitrogen functional groups attached to an aromatic ring is 1. The van der Waals surface area contributed by atoms with Gasteiger partial charge in [0.2, 0.25) is 0 Å². The first-order valence-electron chi connectivity index (χ1n) is 6.10. The highest BCUT2D eigenvalue weighted by molar-refractivity contribution is 7.09. The van der Waals surface area contributed by atoms with E-state index in [9.17, 15) is 0 Å². The number of nitrogens with zero attached hydrogens (tertiary/aromatic N) is 1. The Hall–Kier alpha value is -1.35. The SMILES string of the molecule is Nc1cccc(Cc2nc(C3CCC3)cs2)c1. The quantitative estimate of drug-likeness (QED) is 0.838. The van der Waals surface area contributed by atoms with Crippen LogP contribution >= 0.6 is 11.3 Å². The molecule has 0 radical (unpaired) electrons. The van der Waals surface area contributed by atoms with Gasteiger partial charge in [0.15, 0.2) is 0 Å². The van der Waals surface area contributed by atoms with Gasteiger partial charge in [-0.05, 0) is 30.5 Å². The Balaban J connectivity index is 1.74. The second-order valence-electron chi connectivity index (χ2n) is 4.72. The summed E-state index contributed by atoms with van der Waals surface area (Å²) in [4.78, 5) is 4.73. The van der Waals surface area contributed by atoms with Crippen LogP contribution in [0.1, 0.15) is 41.4 Å². The molecule has 88 valence electrons. The molecule has 0 unspecified atom stereocenters. The maximum absolute atomic E-state index is 5.78. The van der Waals surface area contributed by atoms with E-state index in [2.05, 4.69) is 11.4 Å². The number of hydrogen-bond donors (Lipinski definition) is 1. The highest BCUT2D eigenvalue weighted by Crippen LogP contribution is 2.36. The van der Waals surface area contributed by atoms with Gasteiger partial charge in [-0.25, -0.2) is 4.98 Å². The van der Waals surface area contributed by atoms with Crippen molar-refractivity contribution in [1.82, 2.24) is 4.98 Å². The fourth-order valence-corrected chi connectivity index (χ4v) is 3.09. The molecule has 1 aromatic heterocycles. The van der Waals surface area contributed by atoms with Crippen LogP contribution in [0.5, 0.6) is 0 Å². The lowest BCUT2D eigenvalue weighted by Gasteiger charge is -2.22. The van der Waals surface area contributed by atoms with Crippen LogP contribution in [0.15, 0.2) is 29.6 Å². The molecular formula is C14H16N2S. The summed E-state index contributed by atoms with van der Waals surface area (Å²) in [6, 6.07) is 8.07. The van der Waals surface area contributed by atoms with E-state index in [-0.39, 0.29) is 0 Å². The summed E-state index contributed by atoms with van der Waals surface area (Å²) in [5, 5.41) is 3.43. The predicted molar refractivity (Wildman–Crippen MR) is 72.4 cm³/mol. The number of anilines is 1. The monoisotopic (exact) mass is 244 g/mol. The minimum absolute atomic E-state index is 0.737. The fraction of sp³-hybridized carbons (Fsp3) is 0.357. The third kappa shape index (κ3) is 2.34. The van der Waals surface area contributed by atoms with Gasteiger partial charge in [-0.3, -0.25) is 0 Å². The zero-order valence-corrected chi connectivity index (χ0v) is 10.5. The lowest BCUT2D eigenvalue weighted by molar-refractivity contribution is 0.412. The third-order valence-electron chi connectivity index (χ3n) is 3.40. The molecule has 3 rings (SSSR count). The molecule has 17 heavy (non-hydrogen) atoms. The van der Waals surface area contributed by atoms with Crippen molar-refractivity contribution < 1.29 is 0 Å². The van der Waals surface area contributed by atoms with Crippen LogP contribution in [0.4, 0.5) is 5.69 Å². The molecule has 2 aromatic rings. The standard InChI is InChI=1S/C14H16N2S/c15-12-6-1-3-10(7-12)8-14-16-13(9-17-14)11-4-2-5-11/h1,3,6-7,9,11H,2,4-5,8,15H2. The summed E-state index contributed by atoms with van der Waals surface area (Å²) in [5.41, 5.74) is 9.17. The first kappa shape index (κ1) is 10.8. The lowest BCUT2D eigenvalue weighted by atomic mass is 9.83. The molecule has 0 atom stereocenters. The summed E-state index contributed by atoms with van der Waals surface area (Å²) in [5.74, 6) is 0.737. The van der Waals surface area contributed by atoms with E-state index in [1.807, 2.05) is 18.2 Å². The van der Waals surface area contributed by atoms with Crippen LogP contribution in [0.3, 0.4) is 0 Å². The maximum Gasteiger partial charge on any atom is 0.0972 e. The summed E-state index contributed by atoms with van der Waals surface area (Å²) < 4.78 is 0. The summed E-state index contributed by atoms with van der Waals surface area (Å²) in [6.45, 7) is 0. The van der Waals surface area contributed by atoms with Gasteiger partial charge in [-0.1, -0.05) is 18.6 Å². The first-order valence-corrected chi connectivity index (χ1v) is 6.98. The molecule has 2 N–H and O–H groups in total. The minimum Gasteiger partial charge on any atom is -0.399 e. The van der Waals surface area contributed by atoms with Gasteiger partial charge in [0, 0.05) is 23.4 Å². The van der Waals surface area contributed by atoms with Gasteiger partial charge in [0.05, 0.1) is 10.7 Å². The van der Waals surface area contributed by atoms with Gasteiger partial charge < -0.3 is 5.73 Å². The molecule has 1 aliphatic rings. The Morgan fingerprint density at radius 1 is 1.35 bits per heavy atom. The Labute approximate surface area is 106 Å². The first-order chi connectivity index (χ1) is 8.31. The zero-order chi connectivity index (χ0) is 11.7. The molecule has 0 saturated heterocycles. The smallest absolute Gasteiger partial charge is 0.0972 e. The molecular weight excluding hydrogens is 228 g/mol. The minimum atomic E-state index is 0.737. The van der Waals surface area contributed by atoms with Gasteiger partial charge in [0.1, 0.15) is 0 Å². The van der Waals surface area contributed by atoms with Crippen molar-refractivity contribution >= 4 is 17.0 Å². The molecule has 2 nitrogen and oxygen atoms in total. The number of rotatable bonds is 3. The van der Waals surface area contributed by atoms with E-state index in [0.29, 0.717) is 0 Å². The van der Waals surface area contributed by atoms with Crippen LogP contribution in [-0.4, -0.2) is 4.98 Å². The molecule has 0 spiro atoms. The molecule has 0 amide bonds. The number of nitrogens with two attached hydrogens (primary N) is 1. The van der Waals surface area contributed by atoms with E-state index in [1.165, 1.54) is 35.5 Å². The molecule has 1 saturated carbocycles. The average molecular weight is 244 g/mol. The highest BCUT2D eigenvalue weighted by Gasteiger charge is 2.21. The Morgan fingerprint density at radius 3 is 2.94 bits per heavy atom. The van der Waals surface area contributed by atoms with Gasteiger partial charge >= 0.3 is 0 Å². The topological polar surface area (TPSA) is 38.9 Å². The van der Waals surface area contributed by atoms with Gasteiger partial charge in [0.25, 0.3) is 0 Å². The van der Waals surface area contributed by atoms with Crippen molar-refractivity contribution in [1.29, 1.82) is 0 Å². The van der Waals surface area contributed by atoms with E-state index in [0.717, 1.165) is 18.0 Å². The largest absolute Gasteiger partial charge is 0.399 e. The van der Waals surface area contributed by atoms with Crippen molar-refractivity contribution in [3.8, 4) is 0 Å². The lowest BCUT2D eigenvalue weighted by Crippen LogP contribution is -2.08. The summed E-state index contributed by atoms with van der Waals surface area (Å²) in [7, 11) is 0. The summed E-state index contributed by atoms with van der Waals surface area (Å²) >= 11 is 1.78. The van der Waals surface area contributed by atoms with E-state index in [4.69, 9.17) is 10.7 Å². The van der Waals surface area contributed by atoms with Crippen LogP contribution < -0.4 is 5.73 Å². The number of benzene rings is 1. The van der Waals surface area contributed by atoms with Crippen LogP contribution in [0.25, 0.3) is 0 Å². The fourth-order valence-electron chi connectivity index (χ4n) is 2.18. The zero-order valence-electron chi connectivity index (χ0n) is 9.73. The van der Waals surface area contributed by atoms with E-state index in [1.54, 1.807) is 11.3 Å². The Morgan fingerprint density at radius 2 is 2.24 bits per heavy atom. The van der Waals surface area contributed by atoms with Gasteiger partial charge in [-0.2, -0.15) is 0 Å². The molecule has 1 aromatic carbocycles. The van der Waals surface area contributed by atoms with Crippen molar-refractivity contribution in [2.45, 2.75) is 31.6 Å². The number of thiazole rings is 1. The van der Waals surface area contributed by atoms with Crippen LogP contribution in [-0.2, 0) is 6.42 Å². The molecule has 1 aliphatic carbocycles. The number of aromatic nitrogens is 1. The number of hydrogen-bond acceptors (Lipinski definition) is 3. The highest BCUT2D eigenvalue weighted by atomic mass is 32.1. The normalized spacial score (nSPS) is 15.8. The van der Waals surface area contributed by atoms with E-state index >= 15 is 0 Å². The molecule has 3 heteroatoms. The second kappa shape index (κ2) is 4.49. The van der Waals surface area contributed by atoms with Crippen molar-refractivity contribution in [2.24, 2.45) is 0 Å². The molecule has 1 fully saturated rings. The Bertz CT molecular complexity index is 514. The van der Waals surface area contributed by atoms with Crippen LogP contribution in [0.2, 0.25) is 0 Å². The van der Waals surface area contributed by atoms with Crippen molar-refractivity contribution in [2.75, 3.05) is 5.73 Å². The average Bonchev–Trinajstić information content (AvgIpc) is 2.63. The summed E-state index contributed by atoms with van der Waals surface area (Å²) in [6.07, 6.45) is 4.91. The van der Waals surface area contributed by atoms with Gasteiger partial charge in [-0.15, -0.1) is 11.3 Å². The Kier molecular flexibility index (Phi) is 2.85. The maximum atomic E-state index is 5.78. The third-order valence-corrected chi connectivity index (χ3v) is 4.27. The van der Waals surface area contributed by atoms with Crippen LogP contribution in [0, 0.1) is 0 Å². The van der Waals surface area contributed by atoms with Crippen molar-refractivity contribution in [3.63, 3.8) is 0 Å². The second-order valence-corrected chi connectivity index (χ2v) is 5.66. The predicted octanol–water partition coefficient (Wildman–Crippen LogP) is 3.58. The molecule has 0 bridgehead atoms. The molecule has 0 aliphatic heterocycles. The van der Waals surface area contributed by atoms with Crippen molar-refractivity contribution in [3.05, 3.63) is 45.9 Å².